The van der Waals surface area contributed by atoms with Crippen molar-refractivity contribution < 1.29 is 0 Å². The number of rotatable bonds is 2. The lowest BCUT2D eigenvalue weighted by Crippen LogP contribution is -1.74. The van der Waals surface area contributed by atoms with Crippen LogP contribution in [0.25, 0.3) is 0 Å². The highest BCUT2D eigenvalue weighted by molar-refractivity contribution is 5.28. The molecule has 0 spiro atoms. The number of hydrogen-bond acceptors (Lipinski definition) is 0. The molecule has 0 aliphatic heterocycles. The van der Waals surface area contributed by atoms with Gasteiger partial charge in [-0.05, 0) is 33.3 Å². The van der Waals surface area contributed by atoms with E-state index in [0.29, 0.717) is 0 Å². The number of allylic oxidation sites excluding steroid dienone is 5. The molecule has 0 saturated carbocycles. The Morgan fingerprint density at radius 3 is 1.80 bits per heavy atom. The van der Waals surface area contributed by atoms with E-state index in [-0.39, 0.29) is 0 Å². The second kappa shape index (κ2) is 4.10. The molecular weight excluding hydrogens is 120 g/mol. The Morgan fingerprint density at radius 2 is 1.50 bits per heavy atom. The lowest BCUT2D eigenvalue weighted by Gasteiger charge is -1.94. The lowest BCUT2D eigenvalue weighted by molar-refractivity contribution is 1.34. The third-order valence-corrected chi connectivity index (χ3v) is 1.34. The standard InChI is InChI=1S/C10H16/c1-8(2)6-7-10(5)9(3)4/h6-7H,3H2,1-2,4-5H3. The Morgan fingerprint density at radius 1 is 1.00 bits per heavy atom. The molecular formula is C10H16. The summed E-state index contributed by atoms with van der Waals surface area (Å²) < 4.78 is 0. The second-order valence-electron chi connectivity index (χ2n) is 2.87. The van der Waals surface area contributed by atoms with E-state index in [1.165, 1.54) is 11.1 Å². The van der Waals surface area contributed by atoms with Gasteiger partial charge in [0.25, 0.3) is 0 Å². The smallest absolute Gasteiger partial charge is 0.0395 e. The van der Waals surface area contributed by atoms with Gasteiger partial charge in [-0.1, -0.05) is 29.9 Å². The zero-order valence-corrected chi connectivity index (χ0v) is 7.36. The van der Waals surface area contributed by atoms with Crippen molar-refractivity contribution in [3.63, 3.8) is 0 Å². The average molecular weight is 136 g/mol. The molecule has 0 aromatic carbocycles. The topological polar surface area (TPSA) is 0 Å². The first-order chi connectivity index (χ1) is 4.54. The molecule has 0 bridgehead atoms. The van der Waals surface area contributed by atoms with Gasteiger partial charge in [0.1, 0.15) is 0 Å². The molecule has 0 nitrogen and oxygen atoms in total. The van der Waals surface area contributed by atoms with E-state index in [1.54, 1.807) is 0 Å². The molecule has 0 atom stereocenters. The minimum atomic E-state index is 1.14. The monoisotopic (exact) mass is 136 g/mol. The molecule has 0 aliphatic carbocycles. The highest BCUT2D eigenvalue weighted by Gasteiger charge is 1.84. The molecule has 0 saturated heterocycles. The fourth-order valence-corrected chi connectivity index (χ4v) is 0.434. The molecule has 0 unspecified atom stereocenters. The van der Waals surface area contributed by atoms with Crippen LogP contribution in [0, 0.1) is 0 Å². The van der Waals surface area contributed by atoms with Crippen molar-refractivity contribution in [1.29, 1.82) is 0 Å². The summed E-state index contributed by atoms with van der Waals surface area (Å²) in [4.78, 5) is 0. The summed E-state index contributed by atoms with van der Waals surface area (Å²) in [5.74, 6) is 0. The first-order valence-corrected chi connectivity index (χ1v) is 3.51. The van der Waals surface area contributed by atoms with Crippen LogP contribution in [0.4, 0.5) is 0 Å². The quantitative estimate of drug-likeness (QED) is 0.510. The summed E-state index contributed by atoms with van der Waals surface area (Å²) in [6.07, 6.45) is 4.20. The van der Waals surface area contributed by atoms with Crippen LogP contribution in [-0.2, 0) is 0 Å². The van der Waals surface area contributed by atoms with Crippen molar-refractivity contribution >= 4 is 0 Å². The minimum Gasteiger partial charge on any atom is -0.0958 e. The maximum absolute atomic E-state index is 3.84. The predicted molar refractivity (Wildman–Crippen MR) is 48.0 cm³/mol. The Hall–Kier alpha value is -0.780. The van der Waals surface area contributed by atoms with Crippen molar-refractivity contribution in [3.05, 3.63) is 35.5 Å². The van der Waals surface area contributed by atoms with E-state index in [2.05, 4.69) is 39.5 Å². The molecule has 0 fully saturated rings. The molecule has 0 rings (SSSR count). The maximum atomic E-state index is 3.84. The fraction of sp³-hybridized carbons (Fsp3) is 0.400. The Balaban J connectivity index is 4.19. The Kier molecular flexibility index (Phi) is 3.78. The summed E-state index contributed by atoms with van der Waals surface area (Å²) in [6.45, 7) is 12.1. The molecule has 0 radical (unpaired) electrons. The van der Waals surface area contributed by atoms with Crippen LogP contribution in [0.15, 0.2) is 35.5 Å². The zero-order chi connectivity index (χ0) is 8.15. The number of hydrogen-bond donors (Lipinski definition) is 0. The predicted octanol–water partition coefficient (Wildman–Crippen LogP) is 3.48. The van der Waals surface area contributed by atoms with Crippen LogP contribution in [0.3, 0.4) is 0 Å². The highest BCUT2D eigenvalue weighted by atomic mass is 13.9. The van der Waals surface area contributed by atoms with Crippen molar-refractivity contribution in [2.75, 3.05) is 0 Å². The van der Waals surface area contributed by atoms with Crippen LogP contribution in [0.1, 0.15) is 27.7 Å². The summed E-state index contributed by atoms with van der Waals surface area (Å²) in [5, 5.41) is 0. The summed E-state index contributed by atoms with van der Waals surface area (Å²) >= 11 is 0. The van der Waals surface area contributed by atoms with Crippen molar-refractivity contribution in [1.82, 2.24) is 0 Å². The maximum Gasteiger partial charge on any atom is -0.0395 e. The van der Waals surface area contributed by atoms with Crippen LogP contribution < -0.4 is 0 Å². The SMILES string of the molecule is C=C(C)C(C)=CC=C(C)C. The minimum absolute atomic E-state index is 1.14. The molecule has 0 aromatic rings. The molecule has 0 N–H and O–H groups in total. The highest BCUT2D eigenvalue weighted by Crippen LogP contribution is 2.05. The Bertz CT molecular complexity index is 176. The van der Waals surface area contributed by atoms with Gasteiger partial charge in [-0.2, -0.15) is 0 Å². The molecule has 10 heavy (non-hydrogen) atoms. The second-order valence-corrected chi connectivity index (χ2v) is 2.87. The van der Waals surface area contributed by atoms with Gasteiger partial charge >= 0.3 is 0 Å². The van der Waals surface area contributed by atoms with Gasteiger partial charge in [0.15, 0.2) is 0 Å². The van der Waals surface area contributed by atoms with Gasteiger partial charge in [-0.15, -0.1) is 0 Å². The molecule has 0 aromatic heterocycles. The largest absolute Gasteiger partial charge is 0.0958 e. The first-order valence-electron chi connectivity index (χ1n) is 3.51. The zero-order valence-electron chi connectivity index (χ0n) is 7.36. The van der Waals surface area contributed by atoms with Gasteiger partial charge in [-0.25, -0.2) is 0 Å². The van der Waals surface area contributed by atoms with Crippen LogP contribution >= 0.6 is 0 Å². The first kappa shape index (κ1) is 9.22. The molecule has 0 amide bonds. The fourth-order valence-electron chi connectivity index (χ4n) is 0.434. The van der Waals surface area contributed by atoms with Crippen LogP contribution in [0.5, 0.6) is 0 Å². The Labute approximate surface area is 64.0 Å². The third kappa shape index (κ3) is 4.13. The van der Waals surface area contributed by atoms with E-state index in [0.717, 1.165) is 5.57 Å². The lowest BCUT2D eigenvalue weighted by atomic mass is 10.1. The van der Waals surface area contributed by atoms with E-state index in [4.69, 9.17) is 0 Å². The van der Waals surface area contributed by atoms with E-state index >= 15 is 0 Å². The summed E-state index contributed by atoms with van der Waals surface area (Å²) in [6, 6.07) is 0. The summed E-state index contributed by atoms with van der Waals surface area (Å²) in [7, 11) is 0. The van der Waals surface area contributed by atoms with E-state index in [1.807, 2.05) is 6.92 Å². The summed E-state index contributed by atoms with van der Waals surface area (Å²) in [5.41, 5.74) is 3.71. The van der Waals surface area contributed by atoms with Crippen molar-refractivity contribution in [2.24, 2.45) is 0 Å². The van der Waals surface area contributed by atoms with Gasteiger partial charge in [0.2, 0.25) is 0 Å². The molecule has 0 heterocycles. The van der Waals surface area contributed by atoms with Gasteiger partial charge in [0, 0.05) is 0 Å². The van der Waals surface area contributed by atoms with E-state index in [9.17, 15) is 0 Å². The third-order valence-electron chi connectivity index (χ3n) is 1.34. The van der Waals surface area contributed by atoms with Crippen LogP contribution in [-0.4, -0.2) is 0 Å². The normalized spacial score (nSPS) is 11.0. The van der Waals surface area contributed by atoms with Gasteiger partial charge < -0.3 is 0 Å². The van der Waals surface area contributed by atoms with Gasteiger partial charge in [0.05, 0.1) is 0 Å². The van der Waals surface area contributed by atoms with Crippen molar-refractivity contribution in [2.45, 2.75) is 27.7 Å². The molecule has 0 aliphatic rings. The average Bonchev–Trinajstić information content (AvgIpc) is 1.82. The van der Waals surface area contributed by atoms with Crippen LogP contribution in [0.2, 0.25) is 0 Å². The van der Waals surface area contributed by atoms with Crippen molar-refractivity contribution in [3.8, 4) is 0 Å². The molecule has 0 heteroatoms. The van der Waals surface area contributed by atoms with Gasteiger partial charge in [-0.3, -0.25) is 0 Å². The molecule has 56 valence electrons. The van der Waals surface area contributed by atoms with E-state index < -0.39 is 0 Å².